The van der Waals surface area contributed by atoms with Crippen LogP contribution in [0.4, 0.5) is 5.69 Å². The molecule has 0 bridgehead atoms. The van der Waals surface area contributed by atoms with Gasteiger partial charge in [0.15, 0.2) is 0 Å². The zero-order valence-electron chi connectivity index (χ0n) is 11.7. The van der Waals surface area contributed by atoms with Gasteiger partial charge in [0, 0.05) is 17.3 Å². The molecule has 1 fully saturated rings. The van der Waals surface area contributed by atoms with Gasteiger partial charge in [-0.15, -0.1) is 0 Å². The van der Waals surface area contributed by atoms with Gasteiger partial charge in [-0.05, 0) is 56.5 Å². The summed E-state index contributed by atoms with van der Waals surface area (Å²) in [4.78, 5) is 14.1. The Bertz CT molecular complexity index is 471. The minimum absolute atomic E-state index is 0.0210. The van der Waals surface area contributed by atoms with Crippen molar-refractivity contribution in [1.82, 2.24) is 4.90 Å². The quantitative estimate of drug-likeness (QED) is 0.896. The van der Waals surface area contributed by atoms with E-state index < -0.39 is 0 Å². The number of carbonyl (C=O) groups is 1. The molecular weight excluding hydrogens is 276 g/mol. The SMILES string of the molecule is Cc1ccc(NC(=O)CN2CCC(CO)CC2)cc1Cl. The third-order valence-corrected chi connectivity index (χ3v) is 4.20. The molecule has 0 saturated carbocycles. The highest BCUT2D eigenvalue weighted by atomic mass is 35.5. The Balaban J connectivity index is 1.82. The minimum Gasteiger partial charge on any atom is -0.396 e. The van der Waals surface area contributed by atoms with E-state index in [0.29, 0.717) is 17.5 Å². The summed E-state index contributed by atoms with van der Waals surface area (Å²) >= 11 is 6.04. The van der Waals surface area contributed by atoms with Crippen LogP contribution in [0.25, 0.3) is 0 Å². The summed E-state index contributed by atoms with van der Waals surface area (Å²) in [6.07, 6.45) is 1.92. The molecule has 0 unspecified atom stereocenters. The van der Waals surface area contributed by atoms with E-state index in [1.807, 2.05) is 19.1 Å². The molecule has 0 atom stereocenters. The van der Waals surface area contributed by atoms with Crippen molar-refractivity contribution >= 4 is 23.2 Å². The fourth-order valence-corrected chi connectivity index (χ4v) is 2.58. The summed E-state index contributed by atoms with van der Waals surface area (Å²) in [6, 6.07) is 5.52. The number of amides is 1. The van der Waals surface area contributed by atoms with Gasteiger partial charge >= 0.3 is 0 Å². The Morgan fingerprint density at radius 2 is 2.15 bits per heavy atom. The van der Waals surface area contributed by atoms with Crippen molar-refractivity contribution in [2.24, 2.45) is 5.92 Å². The number of benzene rings is 1. The van der Waals surface area contributed by atoms with E-state index in [4.69, 9.17) is 16.7 Å². The lowest BCUT2D eigenvalue weighted by molar-refractivity contribution is -0.117. The second kappa shape index (κ2) is 7.07. The van der Waals surface area contributed by atoms with E-state index in [-0.39, 0.29) is 12.5 Å². The third-order valence-electron chi connectivity index (χ3n) is 3.79. The number of carbonyl (C=O) groups excluding carboxylic acids is 1. The number of rotatable bonds is 4. The highest BCUT2D eigenvalue weighted by Gasteiger charge is 2.20. The molecule has 1 heterocycles. The van der Waals surface area contributed by atoms with Crippen LogP contribution in [-0.2, 0) is 4.79 Å². The van der Waals surface area contributed by atoms with E-state index in [1.54, 1.807) is 6.07 Å². The lowest BCUT2D eigenvalue weighted by Crippen LogP contribution is -2.39. The number of aliphatic hydroxyl groups excluding tert-OH is 1. The summed E-state index contributed by atoms with van der Waals surface area (Å²) in [5.41, 5.74) is 1.73. The fourth-order valence-electron chi connectivity index (χ4n) is 2.40. The van der Waals surface area contributed by atoms with Crippen LogP contribution >= 0.6 is 11.6 Å². The third kappa shape index (κ3) is 4.20. The summed E-state index contributed by atoms with van der Waals surface area (Å²) < 4.78 is 0. The van der Waals surface area contributed by atoms with Gasteiger partial charge in [0.05, 0.1) is 6.54 Å². The molecule has 4 nitrogen and oxygen atoms in total. The zero-order chi connectivity index (χ0) is 14.5. The number of nitrogens with zero attached hydrogens (tertiary/aromatic N) is 1. The maximum atomic E-state index is 12.0. The van der Waals surface area contributed by atoms with E-state index in [9.17, 15) is 4.79 Å². The van der Waals surface area contributed by atoms with Crippen molar-refractivity contribution < 1.29 is 9.90 Å². The molecule has 0 spiro atoms. The van der Waals surface area contributed by atoms with Gasteiger partial charge in [0.1, 0.15) is 0 Å². The number of aryl methyl sites for hydroxylation is 1. The first kappa shape index (κ1) is 15.3. The van der Waals surface area contributed by atoms with E-state index >= 15 is 0 Å². The van der Waals surface area contributed by atoms with Gasteiger partial charge in [-0.1, -0.05) is 17.7 Å². The molecule has 2 N–H and O–H groups in total. The van der Waals surface area contributed by atoms with Gasteiger partial charge < -0.3 is 10.4 Å². The molecule has 0 aromatic heterocycles. The number of likely N-dealkylation sites (tertiary alicyclic amines) is 1. The average Bonchev–Trinajstić information content (AvgIpc) is 2.44. The molecule has 1 aliphatic rings. The molecule has 110 valence electrons. The Hall–Kier alpha value is -1.10. The standard InChI is InChI=1S/C15H21ClN2O2/c1-11-2-3-13(8-14(11)16)17-15(20)9-18-6-4-12(10-19)5-7-18/h2-3,8,12,19H,4-7,9-10H2,1H3,(H,17,20). The van der Waals surface area contributed by atoms with Crippen LogP contribution < -0.4 is 5.32 Å². The molecule has 0 radical (unpaired) electrons. The Morgan fingerprint density at radius 3 is 2.75 bits per heavy atom. The van der Waals surface area contributed by atoms with Crippen molar-refractivity contribution in [2.75, 3.05) is 31.6 Å². The first-order chi connectivity index (χ1) is 9.58. The number of halogens is 1. The monoisotopic (exact) mass is 296 g/mol. The first-order valence-electron chi connectivity index (χ1n) is 6.97. The summed E-state index contributed by atoms with van der Waals surface area (Å²) in [5, 5.41) is 12.6. The number of anilines is 1. The van der Waals surface area contributed by atoms with Gasteiger partial charge in [0.25, 0.3) is 0 Å². The van der Waals surface area contributed by atoms with Crippen molar-refractivity contribution in [2.45, 2.75) is 19.8 Å². The van der Waals surface area contributed by atoms with Gasteiger partial charge in [-0.25, -0.2) is 0 Å². The maximum Gasteiger partial charge on any atom is 0.238 e. The Labute approximate surface area is 124 Å². The number of hydrogen-bond donors (Lipinski definition) is 2. The molecule has 1 aromatic carbocycles. The second-order valence-corrected chi connectivity index (χ2v) is 5.82. The summed E-state index contributed by atoms with van der Waals surface area (Å²) in [5.74, 6) is 0.373. The highest BCUT2D eigenvalue weighted by molar-refractivity contribution is 6.31. The predicted octanol–water partition coefficient (Wildman–Crippen LogP) is 2.29. The molecule has 0 aliphatic carbocycles. The minimum atomic E-state index is -0.0210. The van der Waals surface area contributed by atoms with Crippen molar-refractivity contribution in [3.05, 3.63) is 28.8 Å². The number of aliphatic hydroxyl groups is 1. The normalized spacial score (nSPS) is 17.1. The number of hydrogen-bond acceptors (Lipinski definition) is 3. The fraction of sp³-hybridized carbons (Fsp3) is 0.533. The van der Waals surface area contributed by atoms with Crippen molar-refractivity contribution in [3.8, 4) is 0 Å². The van der Waals surface area contributed by atoms with Crippen LogP contribution in [-0.4, -0.2) is 42.2 Å². The molecule has 1 aromatic rings. The van der Waals surface area contributed by atoms with Crippen LogP contribution in [0.15, 0.2) is 18.2 Å². The van der Waals surface area contributed by atoms with Gasteiger partial charge in [-0.3, -0.25) is 9.69 Å². The van der Waals surface area contributed by atoms with Gasteiger partial charge in [0.2, 0.25) is 5.91 Å². The molecular formula is C15H21ClN2O2. The topological polar surface area (TPSA) is 52.6 Å². The van der Waals surface area contributed by atoms with Crippen LogP contribution in [0, 0.1) is 12.8 Å². The van der Waals surface area contributed by atoms with Gasteiger partial charge in [-0.2, -0.15) is 0 Å². The number of piperidine rings is 1. The molecule has 1 saturated heterocycles. The molecule has 1 amide bonds. The second-order valence-electron chi connectivity index (χ2n) is 5.41. The highest BCUT2D eigenvalue weighted by Crippen LogP contribution is 2.20. The lowest BCUT2D eigenvalue weighted by atomic mass is 9.98. The first-order valence-corrected chi connectivity index (χ1v) is 7.35. The van der Waals surface area contributed by atoms with Crippen molar-refractivity contribution in [3.63, 3.8) is 0 Å². The van der Waals surface area contributed by atoms with Crippen LogP contribution in [0.2, 0.25) is 5.02 Å². The van der Waals surface area contributed by atoms with E-state index in [0.717, 1.165) is 37.2 Å². The smallest absolute Gasteiger partial charge is 0.238 e. The Kier molecular flexibility index (Phi) is 5.40. The number of nitrogens with one attached hydrogen (secondary N) is 1. The molecule has 20 heavy (non-hydrogen) atoms. The zero-order valence-corrected chi connectivity index (χ0v) is 12.5. The lowest BCUT2D eigenvalue weighted by Gasteiger charge is -2.30. The molecule has 5 heteroatoms. The summed E-state index contributed by atoms with van der Waals surface area (Å²) in [7, 11) is 0. The van der Waals surface area contributed by atoms with Crippen molar-refractivity contribution in [1.29, 1.82) is 0 Å². The van der Waals surface area contributed by atoms with E-state index in [1.165, 1.54) is 0 Å². The average molecular weight is 297 g/mol. The Morgan fingerprint density at radius 1 is 1.45 bits per heavy atom. The van der Waals surface area contributed by atoms with Crippen LogP contribution in [0.3, 0.4) is 0 Å². The molecule has 2 rings (SSSR count). The van der Waals surface area contributed by atoms with Crippen LogP contribution in [0.5, 0.6) is 0 Å². The summed E-state index contributed by atoms with van der Waals surface area (Å²) in [6.45, 7) is 4.31. The maximum absolute atomic E-state index is 12.0. The van der Waals surface area contributed by atoms with Crippen LogP contribution in [0.1, 0.15) is 18.4 Å². The largest absolute Gasteiger partial charge is 0.396 e. The predicted molar refractivity (Wildman–Crippen MR) is 81.1 cm³/mol. The molecule has 1 aliphatic heterocycles. The van der Waals surface area contributed by atoms with E-state index in [2.05, 4.69) is 10.2 Å².